The standard InChI is InChI=1S/C13H18N10O5.3CH4/c14-20-17-6-3-13(4-7-18-21-15,5-8-19-22-16)9-27-12(26)28-23-10(24)1-2-11(23)25;;;/h1-9H2;3*1H4. The molecule has 0 spiro atoms. The number of ether oxygens (including phenoxy) is 1. The number of carbonyl (C=O) groups excluding carboxylic acids is 3. The highest BCUT2D eigenvalue weighted by atomic mass is 16.8. The molecular formula is C16H30N10O5. The zero-order valence-corrected chi connectivity index (χ0v) is 14.9. The molecule has 2 amide bonds. The molecule has 174 valence electrons. The van der Waals surface area contributed by atoms with E-state index < -0.39 is 23.4 Å². The van der Waals surface area contributed by atoms with Crippen LogP contribution in [0.4, 0.5) is 4.79 Å². The molecule has 15 nitrogen and oxygen atoms in total. The predicted molar refractivity (Wildman–Crippen MR) is 112 cm³/mol. The number of carbonyl (C=O) groups is 3. The van der Waals surface area contributed by atoms with Gasteiger partial charge in [-0.25, -0.2) is 4.79 Å². The van der Waals surface area contributed by atoms with Gasteiger partial charge in [0.05, 0.1) is 0 Å². The molecule has 0 atom stereocenters. The van der Waals surface area contributed by atoms with Crippen LogP contribution in [0.1, 0.15) is 54.4 Å². The molecule has 1 heterocycles. The van der Waals surface area contributed by atoms with Crippen LogP contribution in [0.2, 0.25) is 0 Å². The van der Waals surface area contributed by atoms with Gasteiger partial charge in [0.25, 0.3) is 11.8 Å². The van der Waals surface area contributed by atoms with Crippen LogP contribution in [0.25, 0.3) is 31.3 Å². The fourth-order valence-electron chi connectivity index (χ4n) is 2.56. The molecular weight excluding hydrogens is 412 g/mol. The molecule has 0 aliphatic carbocycles. The third-order valence-corrected chi connectivity index (χ3v) is 4.08. The molecule has 0 unspecified atom stereocenters. The Morgan fingerprint density at radius 3 is 1.61 bits per heavy atom. The summed E-state index contributed by atoms with van der Waals surface area (Å²) in [6.07, 6.45) is -0.638. The van der Waals surface area contributed by atoms with E-state index in [1.807, 2.05) is 0 Å². The van der Waals surface area contributed by atoms with E-state index in [-0.39, 0.29) is 80.6 Å². The van der Waals surface area contributed by atoms with Gasteiger partial charge in [0.2, 0.25) is 0 Å². The highest BCUT2D eigenvalue weighted by Crippen LogP contribution is 2.32. The van der Waals surface area contributed by atoms with Crippen LogP contribution >= 0.6 is 0 Å². The van der Waals surface area contributed by atoms with Crippen LogP contribution in [0.3, 0.4) is 0 Å². The first-order valence-electron chi connectivity index (χ1n) is 8.21. The Kier molecular flexibility index (Phi) is 17.8. The van der Waals surface area contributed by atoms with Crippen molar-refractivity contribution >= 4 is 18.0 Å². The van der Waals surface area contributed by atoms with E-state index in [9.17, 15) is 14.4 Å². The number of hydroxylamine groups is 2. The second kappa shape index (κ2) is 17.2. The van der Waals surface area contributed by atoms with Crippen molar-refractivity contribution in [2.45, 2.75) is 54.4 Å². The summed E-state index contributed by atoms with van der Waals surface area (Å²) < 4.78 is 5.05. The summed E-state index contributed by atoms with van der Waals surface area (Å²) in [5, 5.41) is 10.7. The summed E-state index contributed by atoms with van der Waals surface area (Å²) in [5.41, 5.74) is 24.6. The van der Waals surface area contributed by atoms with Crippen molar-refractivity contribution in [3.8, 4) is 0 Å². The molecule has 1 aliphatic heterocycles. The third-order valence-electron chi connectivity index (χ3n) is 4.08. The van der Waals surface area contributed by atoms with Crippen molar-refractivity contribution in [1.29, 1.82) is 0 Å². The molecule has 0 bridgehead atoms. The lowest BCUT2D eigenvalue weighted by Gasteiger charge is -2.32. The van der Waals surface area contributed by atoms with Gasteiger partial charge in [-0.05, 0) is 35.9 Å². The van der Waals surface area contributed by atoms with Gasteiger partial charge in [-0.3, -0.25) is 14.4 Å². The number of imide groups is 1. The fraction of sp³-hybridized carbons (Fsp3) is 0.812. The lowest BCUT2D eigenvalue weighted by atomic mass is 9.78. The molecule has 1 saturated heterocycles. The number of nitrogens with zero attached hydrogens (tertiary/aromatic N) is 10. The summed E-state index contributed by atoms with van der Waals surface area (Å²) in [4.78, 5) is 47.5. The highest BCUT2D eigenvalue weighted by molar-refractivity contribution is 6.01. The first-order valence-corrected chi connectivity index (χ1v) is 8.21. The van der Waals surface area contributed by atoms with E-state index in [2.05, 4.69) is 34.9 Å². The molecule has 0 N–H and O–H groups in total. The summed E-state index contributed by atoms with van der Waals surface area (Å²) in [6, 6.07) is 0. The van der Waals surface area contributed by atoms with Crippen molar-refractivity contribution in [1.82, 2.24) is 5.06 Å². The molecule has 1 fully saturated rings. The van der Waals surface area contributed by atoms with Crippen LogP contribution in [0.15, 0.2) is 15.3 Å². The summed E-state index contributed by atoms with van der Waals surface area (Å²) in [7, 11) is 0. The van der Waals surface area contributed by atoms with Crippen LogP contribution in [-0.2, 0) is 19.2 Å². The molecule has 0 radical (unpaired) electrons. The van der Waals surface area contributed by atoms with Gasteiger partial charge in [0.15, 0.2) is 0 Å². The SMILES string of the molecule is C.C.C.[N-]=[N+]=NCCC(CCN=[N+]=[N-])(CCN=[N+]=[N-])COC(=O)ON1C(=O)CCC1=O. The number of azide groups is 3. The Balaban J connectivity index is -0.00000261. The van der Waals surface area contributed by atoms with E-state index in [1.54, 1.807) is 0 Å². The van der Waals surface area contributed by atoms with E-state index in [0.717, 1.165) is 0 Å². The van der Waals surface area contributed by atoms with Gasteiger partial charge >= 0.3 is 6.16 Å². The molecule has 1 rings (SSSR count). The summed E-state index contributed by atoms with van der Waals surface area (Å²) in [5.74, 6) is -1.30. The average molecular weight is 442 g/mol. The molecule has 1 aliphatic rings. The van der Waals surface area contributed by atoms with E-state index in [0.29, 0.717) is 5.06 Å². The van der Waals surface area contributed by atoms with Gasteiger partial charge in [0, 0.05) is 52.6 Å². The Morgan fingerprint density at radius 2 is 1.26 bits per heavy atom. The second-order valence-corrected chi connectivity index (χ2v) is 5.83. The minimum atomic E-state index is -1.26. The van der Waals surface area contributed by atoms with Gasteiger partial charge < -0.3 is 4.74 Å². The van der Waals surface area contributed by atoms with Crippen LogP contribution in [-0.4, -0.2) is 49.3 Å². The number of amides is 2. The maximum atomic E-state index is 11.9. The molecule has 15 heteroatoms. The number of hydrogen-bond acceptors (Lipinski definition) is 8. The van der Waals surface area contributed by atoms with Gasteiger partial charge in [-0.15, -0.1) is 0 Å². The van der Waals surface area contributed by atoms with Gasteiger partial charge in [-0.1, -0.05) is 42.7 Å². The predicted octanol–water partition coefficient (Wildman–Crippen LogP) is 5.20. The molecule has 31 heavy (non-hydrogen) atoms. The lowest BCUT2D eigenvalue weighted by molar-refractivity contribution is -0.178. The topological polar surface area (TPSA) is 219 Å². The van der Waals surface area contributed by atoms with Crippen molar-refractivity contribution in [3.05, 3.63) is 31.3 Å². The molecule has 0 aromatic heterocycles. The summed E-state index contributed by atoms with van der Waals surface area (Å²) >= 11 is 0. The van der Waals surface area contributed by atoms with Crippen molar-refractivity contribution in [2.24, 2.45) is 20.8 Å². The largest absolute Gasteiger partial charge is 0.533 e. The van der Waals surface area contributed by atoms with Crippen molar-refractivity contribution in [3.63, 3.8) is 0 Å². The second-order valence-electron chi connectivity index (χ2n) is 5.83. The van der Waals surface area contributed by atoms with Crippen LogP contribution in [0.5, 0.6) is 0 Å². The van der Waals surface area contributed by atoms with Crippen LogP contribution in [0, 0.1) is 5.41 Å². The first-order chi connectivity index (χ1) is 13.5. The zero-order valence-electron chi connectivity index (χ0n) is 14.9. The van der Waals surface area contributed by atoms with E-state index in [1.165, 1.54) is 0 Å². The maximum Gasteiger partial charge on any atom is 0.533 e. The first kappa shape index (κ1) is 32.0. The fourth-order valence-corrected chi connectivity index (χ4v) is 2.56. The van der Waals surface area contributed by atoms with E-state index >= 15 is 0 Å². The van der Waals surface area contributed by atoms with E-state index in [4.69, 9.17) is 21.3 Å². The zero-order chi connectivity index (χ0) is 20.8. The lowest BCUT2D eigenvalue weighted by Crippen LogP contribution is -2.35. The minimum absolute atomic E-state index is 0. The third kappa shape index (κ3) is 11.2. The van der Waals surface area contributed by atoms with Gasteiger partial charge in [-0.2, -0.15) is 0 Å². The molecule has 0 aromatic carbocycles. The smallest absolute Gasteiger partial charge is 0.432 e. The highest BCUT2D eigenvalue weighted by Gasteiger charge is 2.35. The summed E-state index contributed by atoms with van der Waals surface area (Å²) in [6.45, 7) is -0.0788. The Bertz CT molecular complexity index is 668. The quantitative estimate of drug-likeness (QED) is 0.130. The Morgan fingerprint density at radius 1 is 0.871 bits per heavy atom. The monoisotopic (exact) mass is 442 g/mol. The normalized spacial score (nSPS) is 13.5. The van der Waals surface area contributed by atoms with Crippen LogP contribution < -0.4 is 0 Å². The Hall–Kier alpha value is -3.66. The van der Waals surface area contributed by atoms with Crippen molar-refractivity contribution < 1.29 is 24.0 Å². The number of hydrogen-bond donors (Lipinski definition) is 0. The average Bonchev–Trinajstić information content (AvgIpc) is 2.99. The van der Waals surface area contributed by atoms with Crippen molar-refractivity contribution in [2.75, 3.05) is 26.2 Å². The molecule has 0 saturated carbocycles. The minimum Gasteiger partial charge on any atom is -0.432 e. The Labute approximate surface area is 180 Å². The number of rotatable bonds is 12. The molecule has 0 aromatic rings. The van der Waals surface area contributed by atoms with Gasteiger partial charge in [0.1, 0.15) is 6.61 Å². The maximum absolute atomic E-state index is 11.9.